The Labute approximate surface area is 226 Å². The summed E-state index contributed by atoms with van der Waals surface area (Å²) in [5.74, 6) is -2.38. The van der Waals surface area contributed by atoms with Crippen molar-refractivity contribution in [2.24, 2.45) is 7.05 Å². The minimum Gasteiger partial charge on any atom is -0.478 e. The fourth-order valence-corrected chi connectivity index (χ4v) is 5.25. The lowest BCUT2D eigenvalue weighted by atomic mass is 9.98. The van der Waals surface area contributed by atoms with Gasteiger partial charge < -0.3 is 20.2 Å². The maximum Gasteiger partial charge on any atom is 0.419 e. The van der Waals surface area contributed by atoms with Gasteiger partial charge in [-0.1, -0.05) is 12.1 Å². The van der Waals surface area contributed by atoms with E-state index in [0.29, 0.717) is 35.2 Å². The summed E-state index contributed by atoms with van der Waals surface area (Å²) in [7, 11) is 1.61. The molecule has 0 saturated heterocycles. The van der Waals surface area contributed by atoms with Crippen molar-refractivity contribution in [3.8, 4) is 0 Å². The van der Waals surface area contributed by atoms with Gasteiger partial charge in [0, 0.05) is 25.7 Å². The molecule has 12 heteroatoms. The van der Waals surface area contributed by atoms with Crippen LogP contribution in [0.5, 0.6) is 0 Å². The van der Waals surface area contributed by atoms with Crippen molar-refractivity contribution in [3.63, 3.8) is 0 Å². The minimum atomic E-state index is -0.983. The molecule has 5 aromatic rings. The van der Waals surface area contributed by atoms with E-state index in [0.717, 1.165) is 16.7 Å². The monoisotopic (exact) mass is 540 g/mol. The number of nitrogens with one attached hydrogen (secondary N) is 2. The summed E-state index contributed by atoms with van der Waals surface area (Å²) in [6.07, 6.45) is 2.76. The Morgan fingerprint density at radius 3 is 2.75 bits per heavy atom. The van der Waals surface area contributed by atoms with Crippen molar-refractivity contribution in [2.45, 2.75) is 32.4 Å². The van der Waals surface area contributed by atoms with E-state index >= 15 is 0 Å². The first-order valence-corrected chi connectivity index (χ1v) is 12.6. The van der Waals surface area contributed by atoms with Crippen LogP contribution in [-0.4, -0.2) is 42.1 Å². The number of aromatic nitrogens is 4. The van der Waals surface area contributed by atoms with Gasteiger partial charge in [0.2, 0.25) is 0 Å². The third-order valence-electron chi connectivity index (χ3n) is 7.36. The fraction of sp³-hybridized carbons (Fsp3) is 0.214. The zero-order chi connectivity index (χ0) is 28.1. The van der Waals surface area contributed by atoms with E-state index in [1.165, 1.54) is 21.3 Å². The molecule has 3 aromatic heterocycles. The van der Waals surface area contributed by atoms with Crippen LogP contribution >= 0.6 is 0 Å². The molecule has 1 aliphatic carbocycles. The second-order valence-electron chi connectivity index (χ2n) is 9.72. The number of rotatable bonds is 6. The molecule has 3 N–H and O–H groups in total. The first kappa shape index (κ1) is 25.0. The van der Waals surface area contributed by atoms with Gasteiger partial charge in [0.1, 0.15) is 11.4 Å². The standard InChI is InChI=1S/C28H24N6O6/c1-14-16-6-7-19(18(16)5-4-17(14)27(37)38)32-26(36)22-12-20(31-24-9-10-30-34(22)24)25(35)29-13-15-3-8-21-23(11-15)40-28(39)33(21)2/h3-5,8-12,19H,6-7,13H2,1-2H3,(H,29,35)(H,32,36)(H,37,38)/t19-/m0/s1. The predicted octanol–water partition coefficient (Wildman–Crippen LogP) is 2.53. The van der Waals surface area contributed by atoms with E-state index in [4.69, 9.17) is 4.42 Å². The molecular weight excluding hydrogens is 516 g/mol. The number of fused-ring (bicyclic) bond motifs is 3. The lowest BCUT2D eigenvalue weighted by molar-refractivity contribution is 0.0695. The van der Waals surface area contributed by atoms with Gasteiger partial charge in [0.05, 0.1) is 23.3 Å². The van der Waals surface area contributed by atoms with Gasteiger partial charge in [-0.2, -0.15) is 5.10 Å². The highest BCUT2D eigenvalue weighted by Crippen LogP contribution is 2.35. The molecule has 1 aliphatic rings. The molecule has 0 radical (unpaired) electrons. The molecule has 0 spiro atoms. The van der Waals surface area contributed by atoms with Gasteiger partial charge in [-0.15, -0.1) is 0 Å². The van der Waals surface area contributed by atoms with E-state index in [1.807, 2.05) is 0 Å². The number of hydrogen-bond acceptors (Lipinski definition) is 7. The van der Waals surface area contributed by atoms with Crippen LogP contribution in [-0.2, 0) is 20.0 Å². The number of oxazole rings is 1. The van der Waals surface area contributed by atoms with Crippen LogP contribution in [0.4, 0.5) is 0 Å². The third kappa shape index (κ3) is 4.19. The second kappa shape index (κ2) is 9.49. The first-order chi connectivity index (χ1) is 19.2. The highest BCUT2D eigenvalue weighted by Gasteiger charge is 2.28. The number of carbonyl (C=O) groups excluding carboxylic acids is 2. The molecular formula is C28H24N6O6. The van der Waals surface area contributed by atoms with Crippen molar-refractivity contribution in [1.82, 2.24) is 29.8 Å². The lowest BCUT2D eigenvalue weighted by Crippen LogP contribution is -2.30. The summed E-state index contributed by atoms with van der Waals surface area (Å²) in [6.45, 7) is 1.93. The first-order valence-electron chi connectivity index (χ1n) is 12.6. The van der Waals surface area contributed by atoms with Gasteiger partial charge in [0.15, 0.2) is 11.2 Å². The Morgan fingerprint density at radius 1 is 1.12 bits per heavy atom. The van der Waals surface area contributed by atoms with Crippen LogP contribution in [0.2, 0.25) is 0 Å². The van der Waals surface area contributed by atoms with Gasteiger partial charge in [-0.3, -0.25) is 14.2 Å². The smallest absolute Gasteiger partial charge is 0.419 e. The number of aromatic carboxylic acids is 1. The van der Waals surface area contributed by atoms with E-state index in [-0.39, 0.29) is 29.5 Å². The maximum atomic E-state index is 13.4. The molecule has 2 amide bonds. The van der Waals surface area contributed by atoms with Crippen LogP contribution < -0.4 is 16.4 Å². The maximum absolute atomic E-state index is 13.4. The van der Waals surface area contributed by atoms with Crippen molar-refractivity contribution in [3.05, 3.63) is 98.4 Å². The van der Waals surface area contributed by atoms with Gasteiger partial charge >= 0.3 is 11.7 Å². The Morgan fingerprint density at radius 2 is 1.95 bits per heavy atom. The highest BCUT2D eigenvalue weighted by atomic mass is 16.4. The normalized spacial score (nSPS) is 14.4. The number of carbonyl (C=O) groups is 3. The minimum absolute atomic E-state index is 0.0410. The average Bonchev–Trinajstić information content (AvgIpc) is 3.64. The molecule has 0 aliphatic heterocycles. The summed E-state index contributed by atoms with van der Waals surface area (Å²) in [6, 6.07) is 11.2. The van der Waals surface area contributed by atoms with Crippen LogP contribution in [0, 0.1) is 6.92 Å². The number of amides is 2. The Hall–Kier alpha value is -5.26. The van der Waals surface area contributed by atoms with Gasteiger partial charge in [-0.25, -0.2) is 19.1 Å². The lowest BCUT2D eigenvalue weighted by Gasteiger charge is -2.16. The van der Waals surface area contributed by atoms with Gasteiger partial charge in [-0.05, 0) is 60.2 Å². The Bertz CT molecular complexity index is 1920. The number of hydrogen-bond donors (Lipinski definition) is 3. The zero-order valence-corrected chi connectivity index (χ0v) is 21.6. The average molecular weight is 541 g/mol. The van der Waals surface area contributed by atoms with Crippen LogP contribution in [0.1, 0.15) is 66.1 Å². The number of aryl methyl sites for hydroxylation is 1. The molecule has 202 valence electrons. The summed E-state index contributed by atoms with van der Waals surface area (Å²) in [5.41, 5.74) is 5.06. The van der Waals surface area contributed by atoms with Crippen molar-refractivity contribution in [1.29, 1.82) is 0 Å². The third-order valence-corrected chi connectivity index (χ3v) is 7.36. The molecule has 2 aromatic carbocycles. The zero-order valence-electron chi connectivity index (χ0n) is 21.6. The summed E-state index contributed by atoms with van der Waals surface area (Å²) < 4.78 is 7.98. The SMILES string of the molecule is Cc1c(C(=O)O)ccc2c1CC[C@@H]2NC(=O)c1cc(C(=O)NCc2ccc3c(c2)oc(=O)n3C)nc2ccnn12. The number of nitrogens with zero attached hydrogens (tertiary/aromatic N) is 4. The quantitative estimate of drug-likeness (QED) is 0.296. The molecule has 0 unspecified atom stereocenters. The van der Waals surface area contributed by atoms with E-state index in [1.54, 1.807) is 50.4 Å². The molecule has 0 fully saturated rings. The number of carboxylic acids is 1. The summed E-state index contributed by atoms with van der Waals surface area (Å²) in [5, 5.41) is 19.4. The van der Waals surface area contributed by atoms with Crippen molar-refractivity contribution < 1.29 is 23.9 Å². The Balaban J connectivity index is 1.23. The fourth-order valence-electron chi connectivity index (χ4n) is 5.25. The second-order valence-corrected chi connectivity index (χ2v) is 9.72. The predicted molar refractivity (Wildman–Crippen MR) is 142 cm³/mol. The molecule has 0 bridgehead atoms. The largest absolute Gasteiger partial charge is 0.478 e. The van der Waals surface area contributed by atoms with Gasteiger partial charge in [0.25, 0.3) is 11.8 Å². The highest BCUT2D eigenvalue weighted by molar-refractivity contribution is 5.98. The summed E-state index contributed by atoms with van der Waals surface area (Å²) >= 11 is 0. The molecule has 1 atom stereocenters. The molecule has 40 heavy (non-hydrogen) atoms. The van der Waals surface area contributed by atoms with E-state index in [9.17, 15) is 24.3 Å². The molecule has 3 heterocycles. The number of carboxylic acid groups (broad SMARTS) is 1. The van der Waals surface area contributed by atoms with Crippen molar-refractivity contribution in [2.75, 3.05) is 0 Å². The molecule has 12 nitrogen and oxygen atoms in total. The Kier molecular flexibility index (Phi) is 5.94. The molecule has 0 saturated carbocycles. The van der Waals surface area contributed by atoms with E-state index < -0.39 is 23.5 Å². The summed E-state index contributed by atoms with van der Waals surface area (Å²) in [4.78, 5) is 54.1. The van der Waals surface area contributed by atoms with Crippen LogP contribution in [0.3, 0.4) is 0 Å². The number of benzene rings is 2. The van der Waals surface area contributed by atoms with Crippen molar-refractivity contribution >= 4 is 34.5 Å². The van der Waals surface area contributed by atoms with E-state index in [2.05, 4.69) is 20.7 Å². The molecule has 6 rings (SSSR count). The van der Waals surface area contributed by atoms with Crippen LogP contribution in [0.25, 0.3) is 16.7 Å². The topological polar surface area (TPSA) is 161 Å². The van der Waals surface area contributed by atoms with Crippen LogP contribution in [0.15, 0.2) is 57.9 Å².